The minimum Gasteiger partial charge on any atom is -0.390 e. The summed E-state index contributed by atoms with van der Waals surface area (Å²) in [6.07, 6.45) is 5.68. The monoisotopic (exact) mass is 156 g/mol. The standard InChI is InChI=1S/C10H20O/c1-9(2)6-4-5-7-10(3,11)8-9/h11H,4-8H2,1-3H3. The van der Waals surface area contributed by atoms with Crippen LogP contribution in [0.3, 0.4) is 0 Å². The Hall–Kier alpha value is -0.0400. The smallest absolute Gasteiger partial charge is 0.0624 e. The minimum absolute atomic E-state index is 0.347. The number of hydrogen-bond acceptors (Lipinski definition) is 1. The first kappa shape index (κ1) is 9.05. The molecule has 1 rings (SSSR count). The van der Waals surface area contributed by atoms with Gasteiger partial charge in [0.25, 0.3) is 0 Å². The van der Waals surface area contributed by atoms with E-state index in [1.54, 1.807) is 0 Å². The predicted molar refractivity (Wildman–Crippen MR) is 47.5 cm³/mol. The zero-order valence-electron chi connectivity index (χ0n) is 7.98. The molecule has 1 unspecified atom stereocenters. The molecule has 0 spiro atoms. The van der Waals surface area contributed by atoms with Gasteiger partial charge in [0.15, 0.2) is 0 Å². The largest absolute Gasteiger partial charge is 0.390 e. The van der Waals surface area contributed by atoms with Crippen LogP contribution in [0.15, 0.2) is 0 Å². The Morgan fingerprint density at radius 3 is 2.18 bits per heavy atom. The topological polar surface area (TPSA) is 20.2 Å². The first-order valence-electron chi connectivity index (χ1n) is 4.64. The van der Waals surface area contributed by atoms with Gasteiger partial charge in [0.2, 0.25) is 0 Å². The molecule has 66 valence electrons. The molecular weight excluding hydrogens is 136 g/mol. The van der Waals surface area contributed by atoms with Crippen LogP contribution in [0.2, 0.25) is 0 Å². The van der Waals surface area contributed by atoms with E-state index in [4.69, 9.17) is 0 Å². The van der Waals surface area contributed by atoms with Crippen molar-refractivity contribution in [1.82, 2.24) is 0 Å². The summed E-state index contributed by atoms with van der Waals surface area (Å²) in [6.45, 7) is 6.49. The summed E-state index contributed by atoms with van der Waals surface area (Å²) in [4.78, 5) is 0. The second-order valence-electron chi connectivity index (χ2n) is 5.05. The van der Waals surface area contributed by atoms with Gasteiger partial charge >= 0.3 is 0 Å². The van der Waals surface area contributed by atoms with Crippen LogP contribution in [0.1, 0.15) is 52.9 Å². The van der Waals surface area contributed by atoms with Gasteiger partial charge in [0, 0.05) is 0 Å². The molecule has 1 fully saturated rings. The molecule has 1 aliphatic carbocycles. The van der Waals surface area contributed by atoms with E-state index >= 15 is 0 Å². The van der Waals surface area contributed by atoms with Gasteiger partial charge in [-0.3, -0.25) is 0 Å². The van der Waals surface area contributed by atoms with E-state index in [0.29, 0.717) is 5.41 Å². The SMILES string of the molecule is CC1(C)CCCCC(C)(O)C1. The van der Waals surface area contributed by atoms with Crippen LogP contribution in [0.25, 0.3) is 0 Å². The van der Waals surface area contributed by atoms with E-state index in [1.807, 2.05) is 6.92 Å². The zero-order valence-corrected chi connectivity index (χ0v) is 7.98. The fourth-order valence-electron chi connectivity index (χ4n) is 2.32. The highest BCUT2D eigenvalue weighted by Crippen LogP contribution is 2.38. The maximum absolute atomic E-state index is 9.89. The van der Waals surface area contributed by atoms with Crippen molar-refractivity contribution in [1.29, 1.82) is 0 Å². The van der Waals surface area contributed by atoms with E-state index < -0.39 is 5.60 Å². The van der Waals surface area contributed by atoms with Crippen LogP contribution in [0, 0.1) is 5.41 Å². The summed E-state index contributed by atoms with van der Waals surface area (Å²) in [7, 11) is 0. The Labute approximate surface area is 69.8 Å². The molecule has 0 heterocycles. The van der Waals surface area contributed by atoms with Crippen LogP contribution in [0.5, 0.6) is 0 Å². The lowest BCUT2D eigenvalue weighted by Crippen LogP contribution is -2.29. The van der Waals surface area contributed by atoms with E-state index in [1.165, 1.54) is 19.3 Å². The van der Waals surface area contributed by atoms with Crippen LogP contribution >= 0.6 is 0 Å². The average Bonchev–Trinajstić information content (AvgIpc) is 1.86. The van der Waals surface area contributed by atoms with Crippen molar-refractivity contribution in [3.63, 3.8) is 0 Å². The summed E-state index contributed by atoms with van der Waals surface area (Å²) in [6, 6.07) is 0. The number of hydrogen-bond donors (Lipinski definition) is 1. The molecule has 1 atom stereocenters. The van der Waals surface area contributed by atoms with Crippen molar-refractivity contribution >= 4 is 0 Å². The third-order valence-electron chi connectivity index (χ3n) is 2.68. The van der Waals surface area contributed by atoms with Crippen LogP contribution in [-0.2, 0) is 0 Å². The molecule has 0 saturated heterocycles. The molecule has 1 aliphatic rings. The molecule has 0 aromatic carbocycles. The van der Waals surface area contributed by atoms with E-state index in [0.717, 1.165) is 12.8 Å². The van der Waals surface area contributed by atoms with Crippen molar-refractivity contribution < 1.29 is 5.11 Å². The van der Waals surface area contributed by atoms with Crippen molar-refractivity contribution in [2.45, 2.75) is 58.5 Å². The van der Waals surface area contributed by atoms with E-state index in [-0.39, 0.29) is 0 Å². The van der Waals surface area contributed by atoms with Crippen LogP contribution in [-0.4, -0.2) is 10.7 Å². The summed E-state index contributed by atoms with van der Waals surface area (Å²) in [5.74, 6) is 0. The lowest BCUT2D eigenvalue weighted by Gasteiger charge is -2.30. The van der Waals surface area contributed by atoms with Gasteiger partial charge in [-0.1, -0.05) is 26.7 Å². The second-order valence-corrected chi connectivity index (χ2v) is 5.05. The Morgan fingerprint density at radius 2 is 1.55 bits per heavy atom. The molecule has 11 heavy (non-hydrogen) atoms. The molecule has 0 aromatic rings. The first-order chi connectivity index (χ1) is 4.91. The van der Waals surface area contributed by atoms with E-state index in [2.05, 4.69) is 13.8 Å². The molecule has 1 nitrogen and oxygen atoms in total. The molecule has 1 saturated carbocycles. The number of aliphatic hydroxyl groups is 1. The van der Waals surface area contributed by atoms with Gasteiger partial charge < -0.3 is 5.11 Å². The Kier molecular flexibility index (Phi) is 2.29. The third kappa shape index (κ3) is 2.82. The van der Waals surface area contributed by atoms with Crippen LogP contribution in [0.4, 0.5) is 0 Å². The van der Waals surface area contributed by atoms with Gasteiger partial charge in [0.05, 0.1) is 5.60 Å². The predicted octanol–water partition coefficient (Wildman–Crippen LogP) is 2.73. The Morgan fingerprint density at radius 1 is 1.00 bits per heavy atom. The quantitative estimate of drug-likeness (QED) is 0.535. The van der Waals surface area contributed by atoms with Crippen molar-refractivity contribution in [2.24, 2.45) is 5.41 Å². The fourth-order valence-corrected chi connectivity index (χ4v) is 2.32. The molecule has 0 radical (unpaired) electrons. The molecule has 1 N–H and O–H groups in total. The average molecular weight is 156 g/mol. The minimum atomic E-state index is -0.403. The summed E-state index contributed by atoms with van der Waals surface area (Å²) < 4.78 is 0. The van der Waals surface area contributed by atoms with Crippen molar-refractivity contribution in [3.8, 4) is 0 Å². The van der Waals surface area contributed by atoms with Gasteiger partial charge in [0.1, 0.15) is 0 Å². The molecule has 0 bridgehead atoms. The van der Waals surface area contributed by atoms with Crippen LogP contribution < -0.4 is 0 Å². The molecule has 1 heteroatoms. The Balaban J connectivity index is 2.62. The molecule has 0 aromatic heterocycles. The van der Waals surface area contributed by atoms with Gasteiger partial charge in [-0.05, 0) is 31.6 Å². The van der Waals surface area contributed by atoms with Gasteiger partial charge in [-0.25, -0.2) is 0 Å². The highest BCUT2D eigenvalue weighted by atomic mass is 16.3. The van der Waals surface area contributed by atoms with Gasteiger partial charge in [-0.15, -0.1) is 0 Å². The third-order valence-corrected chi connectivity index (χ3v) is 2.68. The lowest BCUT2D eigenvalue weighted by atomic mass is 9.80. The summed E-state index contributed by atoms with van der Waals surface area (Å²) in [5.41, 5.74) is -0.0556. The van der Waals surface area contributed by atoms with Crippen molar-refractivity contribution in [2.75, 3.05) is 0 Å². The van der Waals surface area contributed by atoms with Crippen molar-refractivity contribution in [3.05, 3.63) is 0 Å². The highest BCUT2D eigenvalue weighted by molar-refractivity contribution is 4.84. The highest BCUT2D eigenvalue weighted by Gasteiger charge is 2.32. The lowest BCUT2D eigenvalue weighted by molar-refractivity contribution is 0.0157. The Bertz CT molecular complexity index is 120. The molecular formula is C10H20O. The molecule has 0 aliphatic heterocycles. The maximum Gasteiger partial charge on any atom is 0.0624 e. The zero-order chi connectivity index (χ0) is 8.54. The fraction of sp³-hybridized carbons (Fsp3) is 1.00. The normalized spacial score (nSPS) is 38.2. The summed E-state index contributed by atoms with van der Waals surface area (Å²) in [5, 5.41) is 9.89. The first-order valence-corrected chi connectivity index (χ1v) is 4.64. The summed E-state index contributed by atoms with van der Waals surface area (Å²) >= 11 is 0. The second kappa shape index (κ2) is 2.78. The maximum atomic E-state index is 9.89. The number of rotatable bonds is 0. The van der Waals surface area contributed by atoms with E-state index in [9.17, 15) is 5.11 Å². The van der Waals surface area contributed by atoms with Gasteiger partial charge in [-0.2, -0.15) is 0 Å². The molecule has 0 amide bonds.